The molecule has 0 bridgehead atoms. The number of rotatable bonds is 1. The highest BCUT2D eigenvalue weighted by Gasteiger charge is 1.84. The highest BCUT2D eigenvalue weighted by Crippen LogP contribution is 2.05. The number of nitrogens with one attached hydrogen (secondary N) is 1. The van der Waals surface area contributed by atoms with Gasteiger partial charge in [-0.2, -0.15) is 0 Å². The number of benzene rings is 2. The first-order valence-electron chi connectivity index (χ1n) is 5.47. The summed E-state index contributed by atoms with van der Waals surface area (Å²) in [4.78, 5) is 0. The molecule has 3 nitrogen and oxygen atoms in total. The number of nitrogen functional groups attached to an aromatic ring is 2. The van der Waals surface area contributed by atoms with Gasteiger partial charge in [0.05, 0.1) is 0 Å². The van der Waals surface area contributed by atoms with Crippen molar-refractivity contribution >= 4 is 11.4 Å². The summed E-state index contributed by atoms with van der Waals surface area (Å²) in [5.41, 5.74) is 12.2. The van der Waals surface area contributed by atoms with Crippen LogP contribution in [0.25, 0.3) is 0 Å². The van der Waals surface area contributed by atoms with E-state index >= 15 is 0 Å². The van der Waals surface area contributed by atoms with E-state index in [0.29, 0.717) is 0 Å². The summed E-state index contributed by atoms with van der Waals surface area (Å²) in [6.07, 6.45) is 0. The third-order valence-electron chi connectivity index (χ3n) is 2.30. The minimum Gasteiger partial charge on any atom is -0.399 e. The molecule has 2 aromatic carbocycles. The molecule has 0 unspecified atom stereocenters. The van der Waals surface area contributed by atoms with E-state index in [2.05, 4.69) is 5.43 Å². The van der Waals surface area contributed by atoms with Crippen LogP contribution in [0.4, 0.5) is 11.4 Å². The molecule has 0 heterocycles. The van der Waals surface area contributed by atoms with Crippen LogP contribution in [0, 0.1) is 13.8 Å². The summed E-state index contributed by atoms with van der Waals surface area (Å²) in [5.74, 6) is 5.15. The molecule has 0 radical (unpaired) electrons. The molecule has 2 rings (SSSR count). The van der Waals surface area contributed by atoms with Crippen LogP contribution in [0.5, 0.6) is 0 Å². The van der Waals surface area contributed by atoms with Crippen molar-refractivity contribution in [3.63, 3.8) is 0 Å². The summed E-state index contributed by atoms with van der Waals surface area (Å²) in [6, 6.07) is 15.7. The van der Waals surface area contributed by atoms with Gasteiger partial charge >= 0.3 is 0 Å². The predicted molar refractivity (Wildman–Crippen MR) is 74.6 cm³/mol. The topological polar surface area (TPSA) is 64.1 Å². The van der Waals surface area contributed by atoms with Crippen LogP contribution in [-0.2, 0) is 0 Å². The maximum Gasteiger partial charge on any atom is 0.0485 e. The van der Waals surface area contributed by atoms with Gasteiger partial charge in [-0.3, -0.25) is 5.84 Å². The van der Waals surface area contributed by atoms with Crippen molar-refractivity contribution in [2.75, 3.05) is 11.2 Å². The first-order chi connectivity index (χ1) is 8.11. The van der Waals surface area contributed by atoms with Crippen molar-refractivity contribution in [1.82, 2.24) is 0 Å². The minimum atomic E-state index is 0.829. The molecule has 0 aliphatic rings. The van der Waals surface area contributed by atoms with E-state index in [1.165, 1.54) is 11.1 Å². The second-order valence-electron chi connectivity index (χ2n) is 3.92. The van der Waals surface area contributed by atoms with Gasteiger partial charge in [0, 0.05) is 11.4 Å². The SMILES string of the molecule is Cc1ccc(N)cc1.Cc1ccc(NN)cc1. The summed E-state index contributed by atoms with van der Waals surface area (Å²) in [6.45, 7) is 4.08. The van der Waals surface area contributed by atoms with Gasteiger partial charge in [0.1, 0.15) is 0 Å². The van der Waals surface area contributed by atoms with Gasteiger partial charge in [-0.15, -0.1) is 0 Å². The van der Waals surface area contributed by atoms with E-state index < -0.39 is 0 Å². The van der Waals surface area contributed by atoms with Crippen molar-refractivity contribution < 1.29 is 0 Å². The Bertz CT molecular complexity index is 411. The van der Waals surface area contributed by atoms with E-state index in [-0.39, 0.29) is 0 Å². The van der Waals surface area contributed by atoms with E-state index in [9.17, 15) is 0 Å². The van der Waals surface area contributed by atoms with E-state index in [4.69, 9.17) is 11.6 Å². The Morgan fingerprint density at radius 1 is 0.765 bits per heavy atom. The zero-order chi connectivity index (χ0) is 12.7. The number of hydrogen-bond acceptors (Lipinski definition) is 3. The normalized spacial score (nSPS) is 9.12. The summed E-state index contributed by atoms with van der Waals surface area (Å²) in [5, 5.41) is 0. The molecule has 0 amide bonds. The Hall–Kier alpha value is -2.00. The predicted octanol–water partition coefficient (Wildman–Crippen LogP) is 2.86. The molecule has 0 saturated heterocycles. The van der Waals surface area contributed by atoms with Crippen molar-refractivity contribution in [1.29, 1.82) is 0 Å². The van der Waals surface area contributed by atoms with Gasteiger partial charge in [0.15, 0.2) is 0 Å². The number of aryl methyl sites for hydroxylation is 2. The van der Waals surface area contributed by atoms with Crippen LogP contribution in [-0.4, -0.2) is 0 Å². The molecule has 0 saturated carbocycles. The Labute approximate surface area is 102 Å². The quantitative estimate of drug-likeness (QED) is 0.400. The molecule has 90 valence electrons. The average Bonchev–Trinajstić information content (AvgIpc) is 2.35. The van der Waals surface area contributed by atoms with Gasteiger partial charge in [-0.25, -0.2) is 0 Å². The largest absolute Gasteiger partial charge is 0.399 e. The van der Waals surface area contributed by atoms with Crippen LogP contribution >= 0.6 is 0 Å². The molecule has 0 atom stereocenters. The van der Waals surface area contributed by atoms with Crippen LogP contribution in [0.2, 0.25) is 0 Å². The fourth-order valence-corrected chi connectivity index (χ4v) is 1.22. The maximum absolute atomic E-state index is 5.43. The second-order valence-corrected chi connectivity index (χ2v) is 3.92. The van der Waals surface area contributed by atoms with Crippen LogP contribution < -0.4 is 17.0 Å². The third kappa shape index (κ3) is 5.04. The molecule has 2 aromatic rings. The van der Waals surface area contributed by atoms with Gasteiger partial charge in [0.2, 0.25) is 0 Å². The summed E-state index contributed by atoms with van der Waals surface area (Å²) >= 11 is 0. The number of hydrogen-bond donors (Lipinski definition) is 3. The smallest absolute Gasteiger partial charge is 0.0485 e. The van der Waals surface area contributed by atoms with E-state index in [0.717, 1.165) is 11.4 Å². The van der Waals surface area contributed by atoms with E-state index in [1.807, 2.05) is 62.4 Å². The van der Waals surface area contributed by atoms with Gasteiger partial charge in [-0.05, 0) is 38.1 Å². The molecular weight excluding hydrogens is 210 g/mol. The molecule has 3 heteroatoms. The fourth-order valence-electron chi connectivity index (χ4n) is 1.22. The zero-order valence-electron chi connectivity index (χ0n) is 10.3. The molecular formula is C14H19N3. The molecule has 0 aliphatic heterocycles. The Kier molecular flexibility index (Phi) is 5.04. The highest BCUT2D eigenvalue weighted by atomic mass is 15.2. The van der Waals surface area contributed by atoms with E-state index in [1.54, 1.807) is 0 Å². The van der Waals surface area contributed by atoms with Crippen LogP contribution in [0.3, 0.4) is 0 Å². The monoisotopic (exact) mass is 229 g/mol. The highest BCUT2D eigenvalue weighted by molar-refractivity contribution is 5.42. The third-order valence-corrected chi connectivity index (χ3v) is 2.30. The lowest BCUT2D eigenvalue weighted by atomic mass is 10.2. The van der Waals surface area contributed by atoms with Crippen LogP contribution in [0.1, 0.15) is 11.1 Å². The fraction of sp³-hybridized carbons (Fsp3) is 0.143. The van der Waals surface area contributed by atoms with Gasteiger partial charge in [0.25, 0.3) is 0 Å². The Balaban J connectivity index is 0.000000171. The zero-order valence-corrected chi connectivity index (χ0v) is 10.3. The first kappa shape index (κ1) is 13.1. The Morgan fingerprint density at radius 2 is 1.18 bits per heavy atom. The summed E-state index contributed by atoms with van der Waals surface area (Å²) < 4.78 is 0. The number of nitrogens with two attached hydrogens (primary N) is 2. The molecule has 5 N–H and O–H groups in total. The van der Waals surface area contributed by atoms with Crippen molar-refractivity contribution in [2.24, 2.45) is 5.84 Å². The molecule has 0 aliphatic carbocycles. The van der Waals surface area contributed by atoms with Crippen molar-refractivity contribution in [3.8, 4) is 0 Å². The maximum atomic E-state index is 5.43. The lowest BCUT2D eigenvalue weighted by Crippen LogP contribution is -2.05. The van der Waals surface area contributed by atoms with Gasteiger partial charge in [-0.1, -0.05) is 35.4 Å². The Morgan fingerprint density at radius 3 is 1.53 bits per heavy atom. The average molecular weight is 229 g/mol. The lowest BCUT2D eigenvalue weighted by molar-refractivity contribution is 1.34. The van der Waals surface area contributed by atoms with Crippen molar-refractivity contribution in [2.45, 2.75) is 13.8 Å². The minimum absolute atomic E-state index is 0.829. The van der Waals surface area contributed by atoms with Gasteiger partial charge < -0.3 is 11.2 Å². The number of anilines is 2. The number of hydrazine groups is 1. The standard InChI is InChI=1S/C7H10N2.C7H9N/c1-6-2-4-7(9-8)5-3-6;1-6-2-4-7(8)5-3-6/h2-5,9H,8H2,1H3;2-5H,8H2,1H3. The second kappa shape index (κ2) is 6.55. The molecule has 0 aromatic heterocycles. The molecule has 0 fully saturated rings. The molecule has 17 heavy (non-hydrogen) atoms. The van der Waals surface area contributed by atoms with Crippen LogP contribution in [0.15, 0.2) is 48.5 Å². The van der Waals surface area contributed by atoms with Crippen molar-refractivity contribution in [3.05, 3.63) is 59.7 Å². The first-order valence-corrected chi connectivity index (χ1v) is 5.47. The lowest BCUT2D eigenvalue weighted by Gasteiger charge is -1.97. The summed E-state index contributed by atoms with van der Waals surface area (Å²) in [7, 11) is 0. The molecule has 0 spiro atoms.